The van der Waals surface area contributed by atoms with Gasteiger partial charge in [-0.2, -0.15) is 0 Å². The van der Waals surface area contributed by atoms with Gasteiger partial charge in [-0.15, -0.1) is 6.58 Å². The summed E-state index contributed by atoms with van der Waals surface area (Å²) in [5.41, 5.74) is 0.732. The van der Waals surface area contributed by atoms with Gasteiger partial charge in [-0.3, -0.25) is 0 Å². The Bertz CT molecular complexity index is 587. The molecule has 19 heavy (non-hydrogen) atoms. The van der Waals surface area contributed by atoms with Crippen molar-refractivity contribution in [3.8, 4) is 11.5 Å². The summed E-state index contributed by atoms with van der Waals surface area (Å²) in [7, 11) is 1.60. The fraction of sp³-hybridized carbons (Fsp3) is 0.286. The summed E-state index contributed by atoms with van der Waals surface area (Å²) in [6.07, 6.45) is 5.11. The van der Waals surface area contributed by atoms with E-state index in [4.69, 9.17) is 21.1 Å². The van der Waals surface area contributed by atoms with Gasteiger partial charge in [0, 0.05) is 11.5 Å². The van der Waals surface area contributed by atoms with Gasteiger partial charge in [-0.25, -0.2) is 9.97 Å². The van der Waals surface area contributed by atoms with Crippen molar-refractivity contribution in [1.29, 1.82) is 0 Å². The third kappa shape index (κ3) is 3.15. The number of hydrogen-bond donors (Lipinski definition) is 0. The highest BCUT2D eigenvalue weighted by atomic mass is 35.5. The fourth-order valence-electron chi connectivity index (χ4n) is 1.71. The molecule has 1 aromatic heterocycles. The van der Waals surface area contributed by atoms with Crippen LogP contribution >= 0.6 is 11.6 Å². The molecule has 0 aliphatic carbocycles. The Morgan fingerprint density at radius 1 is 1.32 bits per heavy atom. The molecule has 5 heteroatoms. The van der Waals surface area contributed by atoms with Crippen molar-refractivity contribution in [1.82, 2.24) is 9.97 Å². The smallest absolute Gasteiger partial charge is 0.162 e. The van der Waals surface area contributed by atoms with E-state index >= 15 is 0 Å². The summed E-state index contributed by atoms with van der Waals surface area (Å²) in [4.78, 5) is 8.12. The molecule has 0 amide bonds. The van der Waals surface area contributed by atoms with Crippen LogP contribution in [-0.2, 0) is 0 Å². The summed E-state index contributed by atoms with van der Waals surface area (Å²) in [5, 5.41) is 1.16. The van der Waals surface area contributed by atoms with Gasteiger partial charge in [0.05, 0.1) is 19.2 Å². The minimum Gasteiger partial charge on any atom is -0.493 e. The average molecular weight is 279 g/mol. The lowest BCUT2D eigenvalue weighted by Crippen LogP contribution is -1.99. The van der Waals surface area contributed by atoms with Crippen LogP contribution in [-0.4, -0.2) is 23.7 Å². The molecular weight excluding hydrogens is 264 g/mol. The molecule has 0 saturated heterocycles. The molecule has 0 unspecified atom stereocenters. The summed E-state index contributed by atoms with van der Waals surface area (Å²) < 4.78 is 11.0. The Morgan fingerprint density at radius 2 is 2.16 bits per heavy atom. The number of aromatic nitrogens is 2. The van der Waals surface area contributed by atoms with Crippen molar-refractivity contribution in [3.63, 3.8) is 0 Å². The highest BCUT2D eigenvalue weighted by Gasteiger charge is 2.10. The number of methoxy groups -OCH3 is 1. The maximum Gasteiger partial charge on any atom is 0.162 e. The zero-order valence-corrected chi connectivity index (χ0v) is 11.5. The summed E-state index contributed by atoms with van der Waals surface area (Å²) >= 11 is 6.05. The van der Waals surface area contributed by atoms with Crippen LogP contribution in [0.5, 0.6) is 11.5 Å². The minimum absolute atomic E-state index is 0.406. The molecule has 0 N–H and O–H groups in total. The third-order valence-electron chi connectivity index (χ3n) is 2.68. The van der Waals surface area contributed by atoms with Crippen LogP contribution in [0.2, 0.25) is 5.15 Å². The van der Waals surface area contributed by atoms with Crippen LogP contribution in [0.1, 0.15) is 12.8 Å². The number of fused-ring (bicyclic) bond motifs is 1. The quantitative estimate of drug-likeness (QED) is 0.460. The number of halogens is 1. The fourth-order valence-corrected chi connectivity index (χ4v) is 1.91. The maximum absolute atomic E-state index is 6.05. The van der Waals surface area contributed by atoms with Crippen molar-refractivity contribution in [2.24, 2.45) is 0 Å². The normalized spacial score (nSPS) is 10.4. The number of rotatable bonds is 6. The second-order valence-electron chi connectivity index (χ2n) is 3.96. The van der Waals surface area contributed by atoms with Crippen molar-refractivity contribution < 1.29 is 9.47 Å². The minimum atomic E-state index is 0.406. The molecule has 0 fully saturated rings. The van der Waals surface area contributed by atoms with E-state index in [1.807, 2.05) is 12.1 Å². The monoisotopic (exact) mass is 278 g/mol. The Morgan fingerprint density at radius 3 is 2.89 bits per heavy atom. The topological polar surface area (TPSA) is 44.2 Å². The average Bonchev–Trinajstić information content (AvgIpc) is 2.43. The molecule has 0 aliphatic rings. The Kier molecular flexibility index (Phi) is 4.58. The van der Waals surface area contributed by atoms with Crippen LogP contribution in [0.3, 0.4) is 0 Å². The van der Waals surface area contributed by atoms with Crippen molar-refractivity contribution >= 4 is 22.5 Å². The first-order valence-electron chi connectivity index (χ1n) is 5.98. The van der Waals surface area contributed by atoms with Gasteiger partial charge in [0.15, 0.2) is 11.5 Å². The molecule has 100 valence electrons. The molecule has 2 aromatic rings. The zero-order chi connectivity index (χ0) is 13.7. The van der Waals surface area contributed by atoms with Gasteiger partial charge < -0.3 is 9.47 Å². The Balaban J connectivity index is 2.30. The number of allylic oxidation sites excluding steroid dienone is 1. The van der Waals surface area contributed by atoms with E-state index in [2.05, 4.69) is 16.5 Å². The van der Waals surface area contributed by atoms with Gasteiger partial charge in [-0.05, 0) is 18.9 Å². The van der Waals surface area contributed by atoms with E-state index in [1.165, 1.54) is 6.33 Å². The van der Waals surface area contributed by atoms with Crippen LogP contribution in [0.4, 0.5) is 0 Å². The maximum atomic E-state index is 6.05. The van der Waals surface area contributed by atoms with E-state index in [0.717, 1.165) is 23.7 Å². The number of unbranched alkanes of at least 4 members (excludes halogenated alkanes) is 1. The van der Waals surface area contributed by atoms with Gasteiger partial charge in [0.1, 0.15) is 11.5 Å². The summed E-state index contributed by atoms with van der Waals surface area (Å²) in [6, 6.07) is 3.61. The number of ether oxygens (including phenoxy) is 2. The predicted octanol–water partition coefficient (Wildman–Crippen LogP) is 3.64. The van der Waals surface area contributed by atoms with Crippen molar-refractivity contribution in [2.45, 2.75) is 12.8 Å². The van der Waals surface area contributed by atoms with Crippen LogP contribution in [0.25, 0.3) is 10.9 Å². The largest absolute Gasteiger partial charge is 0.493 e. The first kappa shape index (κ1) is 13.6. The molecule has 0 aliphatic heterocycles. The standard InChI is InChI=1S/C14H15ClN2O2/c1-3-4-5-6-19-13-7-10-11(8-12(13)18-2)16-9-17-14(10)15/h3,7-9H,1,4-6H2,2H3. The molecule has 0 atom stereocenters. The second-order valence-corrected chi connectivity index (χ2v) is 4.32. The van der Waals surface area contributed by atoms with E-state index in [-0.39, 0.29) is 0 Å². The Hall–Kier alpha value is -1.81. The molecule has 2 rings (SSSR count). The molecule has 0 radical (unpaired) electrons. The SMILES string of the molecule is C=CCCCOc1cc2c(Cl)ncnc2cc1OC. The van der Waals surface area contributed by atoms with E-state index < -0.39 is 0 Å². The molecular formula is C14H15ClN2O2. The van der Waals surface area contributed by atoms with Crippen LogP contribution in [0.15, 0.2) is 31.1 Å². The summed E-state index contributed by atoms with van der Waals surface area (Å²) in [5.74, 6) is 1.29. The number of nitrogens with zero attached hydrogens (tertiary/aromatic N) is 2. The molecule has 1 heterocycles. The van der Waals surface area contributed by atoms with Crippen LogP contribution < -0.4 is 9.47 Å². The molecule has 0 saturated carbocycles. The van der Waals surface area contributed by atoms with Crippen molar-refractivity contribution in [3.05, 3.63) is 36.3 Å². The molecule has 4 nitrogen and oxygen atoms in total. The number of hydrogen-bond acceptors (Lipinski definition) is 4. The first-order valence-corrected chi connectivity index (χ1v) is 6.36. The van der Waals surface area contributed by atoms with Gasteiger partial charge in [0.2, 0.25) is 0 Å². The van der Waals surface area contributed by atoms with Crippen molar-refractivity contribution in [2.75, 3.05) is 13.7 Å². The van der Waals surface area contributed by atoms with Gasteiger partial charge in [-0.1, -0.05) is 17.7 Å². The van der Waals surface area contributed by atoms with Gasteiger partial charge in [0.25, 0.3) is 0 Å². The Labute approximate surface area is 117 Å². The predicted molar refractivity (Wildman–Crippen MR) is 76.0 cm³/mol. The first-order chi connectivity index (χ1) is 9.26. The lowest BCUT2D eigenvalue weighted by molar-refractivity contribution is 0.291. The third-order valence-corrected chi connectivity index (χ3v) is 2.98. The molecule has 0 spiro atoms. The molecule has 1 aromatic carbocycles. The van der Waals surface area contributed by atoms with E-state index in [9.17, 15) is 0 Å². The number of benzene rings is 1. The lowest BCUT2D eigenvalue weighted by Gasteiger charge is -2.11. The highest BCUT2D eigenvalue weighted by molar-refractivity contribution is 6.34. The van der Waals surface area contributed by atoms with Crippen LogP contribution in [0, 0.1) is 0 Å². The van der Waals surface area contributed by atoms with Gasteiger partial charge >= 0.3 is 0 Å². The highest BCUT2D eigenvalue weighted by Crippen LogP contribution is 2.33. The van der Waals surface area contributed by atoms with E-state index in [1.54, 1.807) is 13.2 Å². The molecule has 0 bridgehead atoms. The zero-order valence-electron chi connectivity index (χ0n) is 10.7. The lowest BCUT2D eigenvalue weighted by atomic mass is 10.2. The summed E-state index contributed by atoms with van der Waals surface area (Å²) in [6.45, 7) is 4.27. The van der Waals surface area contributed by atoms with E-state index in [0.29, 0.717) is 23.3 Å². The second kappa shape index (κ2) is 6.38.